The summed E-state index contributed by atoms with van der Waals surface area (Å²) in [4.78, 5) is 0. The molecule has 1 aromatic heterocycles. The molecule has 0 aliphatic heterocycles. The van der Waals surface area contributed by atoms with Crippen molar-refractivity contribution in [2.24, 2.45) is 0 Å². The summed E-state index contributed by atoms with van der Waals surface area (Å²) < 4.78 is 15.1. The summed E-state index contributed by atoms with van der Waals surface area (Å²) in [5, 5.41) is 4.15. The van der Waals surface area contributed by atoms with Gasteiger partial charge >= 0.3 is 0 Å². The molecule has 1 aromatic carbocycles. The van der Waals surface area contributed by atoms with E-state index in [2.05, 4.69) is 9.69 Å². The van der Waals surface area contributed by atoms with Crippen LogP contribution in [0.5, 0.6) is 11.5 Å². The van der Waals surface area contributed by atoms with Gasteiger partial charge in [0.15, 0.2) is 16.6 Å². The van der Waals surface area contributed by atoms with Crippen LogP contribution in [0.25, 0.3) is 0 Å². The molecule has 0 radical (unpaired) electrons. The Labute approximate surface area is 122 Å². The van der Waals surface area contributed by atoms with E-state index in [1.54, 1.807) is 0 Å². The van der Waals surface area contributed by atoms with Gasteiger partial charge in [-0.3, -0.25) is 0 Å². The molecular formula is C14H19N3O2S. The molecule has 0 saturated carbocycles. The molecule has 20 heavy (non-hydrogen) atoms. The fraction of sp³-hybridized carbons (Fsp3) is 0.357. The van der Waals surface area contributed by atoms with Gasteiger partial charge in [0.1, 0.15) is 5.75 Å². The zero-order valence-electron chi connectivity index (χ0n) is 11.7. The first-order chi connectivity index (χ1) is 9.74. The van der Waals surface area contributed by atoms with Crippen LogP contribution in [-0.4, -0.2) is 17.6 Å². The third-order valence-corrected chi connectivity index (χ3v) is 3.43. The summed E-state index contributed by atoms with van der Waals surface area (Å²) in [6, 6.07) is 7.98. The number of ether oxygens (including phenoxy) is 2. The molecule has 0 aliphatic rings. The van der Waals surface area contributed by atoms with Gasteiger partial charge in [0.05, 0.1) is 13.2 Å². The summed E-state index contributed by atoms with van der Waals surface area (Å²) in [6.45, 7) is 5.79. The number of aromatic nitrogens is 1. The number of anilines is 2. The lowest BCUT2D eigenvalue weighted by Gasteiger charge is -2.09. The Morgan fingerprint density at radius 1 is 1.25 bits per heavy atom. The van der Waals surface area contributed by atoms with Crippen LogP contribution in [0.2, 0.25) is 0 Å². The van der Waals surface area contributed by atoms with Gasteiger partial charge in [-0.15, -0.1) is 0 Å². The summed E-state index contributed by atoms with van der Waals surface area (Å²) >= 11 is 1.31. The minimum Gasteiger partial charge on any atom is -0.494 e. The molecule has 0 atom stereocenters. The maximum Gasteiger partial charge on any atom is 0.197 e. The molecule has 0 unspecified atom stereocenters. The molecule has 0 bridgehead atoms. The first-order valence-corrected chi connectivity index (χ1v) is 7.35. The quantitative estimate of drug-likeness (QED) is 0.820. The second kappa shape index (κ2) is 7.00. The maximum absolute atomic E-state index is 5.77. The van der Waals surface area contributed by atoms with Crippen molar-refractivity contribution >= 4 is 22.4 Å². The summed E-state index contributed by atoms with van der Waals surface area (Å²) in [6.07, 6.45) is 0. The minimum absolute atomic E-state index is 0.433. The standard InChI is InChI=1S/C14H19N3O2S/c1-3-18-11-7-5-6-10(8-11)9-16-14-12(19-4-2)13(15)17-20-14/h5-8,16H,3-4,9H2,1-2H3,(H2,15,17). The van der Waals surface area contributed by atoms with Crippen LogP contribution >= 0.6 is 11.5 Å². The van der Waals surface area contributed by atoms with Crippen molar-refractivity contribution in [3.05, 3.63) is 29.8 Å². The number of rotatable bonds is 7. The smallest absolute Gasteiger partial charge is 0.197 e. The topological polar surface area (TPSA) is 69.4 Å². The average Bonchev–Trinajstić information content (AvgIpc) is 2.79. The molecule has 0 amide bonds. The molecule has 2 aromatic rings. The van der Waals surface area contributed by atoms with Crippen molar-refractivity contribution in [3.8, 4) is 11.5 Å². The van der Waals surface area contributed by atoms with Gasteiger partial charge in [-0.05, 0) is 43.1 Å². The molecule has 108 valence electrons. The number of nitrogen functional groups attached to an aromatic ring is 1. The molecular weight excluding hydrogens is 274 g/mol. The first kappa shape index (κ1) is 14.5. The first-order valence-electron chi connectivity index (χ1n) is 6.58. The number of hydrogen-bond acceptors (Lipinski definition) is 6. The van der Waals surface area contributed by atoms with E-state index >= 15 is 0 Å². The lowest BCUT2D eigenvalue weighted by atomic mass is 10.2. The van der Waals surface area contributed by atoms with Crippen molar-refractivity contribution in [1.82, 2.24) is 4.37 Å². The van der Waals surface area contributed by atoms with Crippen LogP contribution in [0.15, 0.2) is 24.3 Å². The van der Waals surface area contributed by atoms with E-state index in [0.717, 1.165) is 16.3 Å². The Balaban J connectivity index is 2.03. The molecule has 0 spiro atoms. The van der Waals surface area contributed by atoms with Crippen LogP contribution < -0.4 is 20.5 Å². The minimum atomic E-state index is 0.433. The van der Waals surface area contributed by atoms with E-state index < -0.39 is 0 Å². The third-order valence-electron chi connectivity index (χ3n) is 2.63. The van der Waals surface area contributed by atoms with Crippen LogP contribution in [0.1, 0.15) is 19.4 Å². The van der Waals surface area contributed by atoms with Gasteiger partial charge in [0.2, 0.25) is 0 Å². The van der Waals surface area contributed by atoms with E-state index in [-0.39, 0.29) is 0 Å². The van der Waals surface area contributed by atoms with Crippen LogP contribution in [-0.2, 0) is 6.54 Å². The zero-order valence-corrected chi connectivity index (χ0v) is 12.5. The highest BCUT2D eigenvalue weighted by Crippen LogP contribution is 2.35. The predicted molar refractivity (Wildman–Crippen MR) is 82.6 cm³/mol. The molecule has 0 saturated heterocycles. The summed E-state index contributed by atoms with van der Waals surface area (Å²) in [5.41, 5.74) is 6.90. The molecule has 5 nitrogen and oxygen atoms in total. The molecule has 0 fully saturated rings. The second-order valence-electron chi connectivity index (χ2n) is 4.09. The highest BCUT2D eigenvalue weighted by atomic mass is 32.1. The van der Waals surface area contributed by atoms with Gasteiger partial charge in [-0.1, -0.05) is 12.1 Å². The maximum atomic E-state index is 5.77. The van der Waals surface area contributed by atoms with Crippen molar-refractivity contribution in [2.45, 2.75) is 20.4 Å². The average molecular weight is 293 g/mol. The summed E-state index contributed by atoms with van der Waals surface area (Å²) in [5.74, 6) is 1.95. The zero-order chi connectivity index (χ0) is 14.4. The van der Waals surface area contributed by atoms with E-state index in [1.165, 1.54) is 11.5 Å². The molecule has 0 aliphatic carbocycles. The van der Waals surface area contributed by atoms with Crippen LogP contribution in [0.3, 0.4) is 0 Å². The Morgan fingerprint density at radius 3 is 2.80 bits per heavy atom. The van der Waals surface area contributed by atoms with E-state index in [9.17, 15) is 0 Å². The third kappa shape index (κ3) is 3.54. The van der Waals surface area contributed by atoms with E-state index in [4.69, 9.17) is 15.2 Å². The van der Waals surface area contributed by atoms with Crippen molar-refractivity contribution in [2.75, 3.05) is 24.3 Å². The highest BCUT2D eigenvalue weighted by Gasteiger charge is 2.12. The van der Waals surface area contributed by atoms with Gasteiger partial charge in [-0.2, -0.15) is 4.37 Å². The van der Waals surface area contributed by atoms with E-state index in [0.29, 0.717) is 31.3 Å². The van der Waals surface area contributed by atoms with Gasteiger partial charge < -0.3 is 20.5 Å². The number of benzene rings is 1. The monoisotopic (exact) mass is 293 g/mol. The molecule has 2 rings (SSSR count). The van der Waals surface area contributed by atoms with Gasteiger partial charge in [-0.25, -0.2) is 0 Å². The fourth-order valence-electron chi connectivity index (χ4n) is 1.78. The lowest BCUT2D eigenvalue weighted by Crippen LogP contribution is -2.02. The summed E-state index contributed by atoms with van der Waals surface area (Å²) in [7, 11) is 0. The van der Waals surface area contributed by atoms with E-state index in [1.807, 2.05) is 38.1 Å². The Kier molecular flexibility index (Phi) is 5.06. The molecule has 3 N–H and O–H groups in total. The largest absolute Gasteiger partial charge is 0.494 e. The second-order valence-corrected chi connectivity index (χ2v) is 4.87. The SMILES string of the molecule is CCOc1cccc(CNc2snc(N)c2OCC)c1. The number of hydrogen-bond donors (Lipinski definition) is 2. The van der Waals surface area contributed by atoms with Gasteiger partial charge in [0.25, 0.3) is 0 Å². The normalized spacial score (nSPS) is 10.3. The van der Waals surface area contributed by atoms with Crippen molar-refractivity contribution in [3.63, 3.8) is 0 Å². The van der Waals surface area contributed by atoms with Crippen LogP contribution in [0.4, 0.5) is 10.8 Å². The number of nitrogens with zero attached hydrogens (tertiary/aromatic N) is 1. The number of nitrogens with one attached hydrogen (secondary N) is 1. The Bertz CT molecular complexity index is 557. The van der Waals surface area contributed by atoms with Gasteiger partial charge in [0, 0.05) is 6.54 Å². The predicted octanol–water partition coefficient (Wildman–Crippen LogP) is 3.13. The molecule has 6 heteroatoms. The lowest BCUT2D eigenvalue weighted by molar-refractivity contribution is 0.340. The van der Waals surface area contributed by atoms with Crippen molar-refractivity contribution in [1.29, 1.82) is 0 Å². The molecule has 1 heterocycles. The number of nitrogens with two attached hydrogens (primary N) is 1. The Hall–Kier alpha value is -1.95. The Morgan fingerprint density at radius 2 is 2.05 bits per heavy atom. The van der Waals surface area contributed by atoms with Crippen LogP contribution in [0, 0.1) is 0 Å². The fourth-order valence-corrected chi connectivity index (χ4v) is 2.44. The van der Waals surface area contributed by atoms with Crippen molar-refractivity contribution < 1.29 is 9.47 Å². The highest BCUT2D eigenvalue weighted by molar-refractivity contribution is 7.11.